The van der Waals surface area contributed by atoms with Crippen molar-refractivity contribution in [3.05, 3.63) is 95.1 Å². The van der Waals surface area contributed by atoms with Gasteiger partial charge in [-0.05, 0) is 48.0 Å². The highest BCUT2D eigenvalue weighted by Gasteiger charge is 2.34. The van der Waals surface area contributed by atoms with Crippen LogP contribution in [0.25, 0.3) is 10.9 Å². The molecule has 1 unspecified atom stereocenters. The first-order valence-corrected chi connectivity index (χ1v) is 15.4. The third kappa shape index (κ3) is 7.50. The standard InChI is InChI=1S/C29H25Cl2F3N4O4S/c30-22-7-1-4-19(16-22)17-26(31)37-12-14-38(15-13-37)28(39)21-9-10-23(24(18-21)42-29(32,33)34)36-43(40,41)25-8-2-5-20-6-3-11-35-27(20)25/h1-11,16,18,26,36H,12-15,17H2. The van der Waals surface area contributed by atoms with Crippen molar-refractivity contribution in [3.63, 3.8) is 0 Å². The molecule has 0 aliphatic carbocycles. The molecule has 1 fully saturated rings. The number of ether oxygens (including phenoxy) is 1. The van der Waals surface area contributed by atoms with Crippen LogP contribution in [0.2, 0.25) is 5.02 Å². The van der Waals surface area contributed by atoms with Crippen molar-refractivity contribution < 1.29 is 31.1 Å². The number of nitrogens with zero attached hydrogens (tertiary/aromatic N) is 3. The van der Waals surface area contributed by atoms with Crippen LogP contribution in [0.4, 0.5) is 18.9 Å². The van der Waals surface area contributed by atoms with E-state index in [1.807, 2.05) is 23.1 Å². The first-order valence-electron chi connectivity index (χ1n) is 13.1. The smallest absolute Gasteiger partial charge is 0.404 e. The molecule has 1 saturated heterocycles. The Balaban J connectivity index is 1.32. The summed E-state index contributed by atoms with van der Waals surface area (Å²) in [5, 5.41) is 1.14. The largest absolute Gasteiger partial charge is 0.573 e. The summed E-state index contributed by atoms with van der Waals surface area (Å²) >= 11 is 12.7. The van der Waals surface area contributed by atoms with Gasteiger partial charge in [-0.15, -0.1) is 24.8 Å². The van der Waals surface area contributed by atoms with Gasteiger partial charge in [0.05, 0.1) is 16.7 Å². The molecular formula is C29H25Cl2F3N4O4S. The number of benzene rings is 3. The first kappa shape index (κ1) is 30.9. The van der Waals surface area contributed by atoms with Gasteiger partial charge < -0.3 is 9.64 Å². The Bertz CT molecular complexity index is 1740. The Labute approximate surface area is 256 Å². The van der Waals surface area contributed by atoms with Crippen LogP contribution in [-0.4, -0.2) is 67.2 Å². The number of carbonyl (C=O) groups is 1. The first-order chi connectivity index (χ1) is 20.4. The number of rotatable bonds is 8. The zero-order valence-electron chi connectivity index (χ0n) is 22.4. The quantitative estimate of drug-likeness (QED) is 0.181. The molecule has 2 heterocycles. The Kier molecular flexibility index (Phi) is 9.02. The van der Waals surface area contributed by atoms with Crippen LogP contribution in [0.5, 0.6) is 5.75 Å². The summed E-state index contributed by atoms with van der Waals surface area (Å²) in [4.78, 5) is 20.6. The van der Waals surface area contributed by atoms with Gasteiger partial charge in [0, 0.05) is 54.8 Å². The molecule has 0 radical (unpaired) electrons. The number of hydrogen-bond acceptors (Lipinski definition) is 6. The molecule has 14 heteroatoms. The number of carbonyl (C=O) groups excluding carboxylic acids is 1. The highest BCUT2D eigenvalue weighted by molar-refractivity contribution is 7.93. The number of amides is 1. The molecule has 0 saturated carbocycles. The summed E-state index contributed by atoms with van der Waals surface area (Å²) in [7, 11) is -4.39. The van der Waals surface area contributed by atoms with E-state index in [0.29, 0.717) is 29.9 Å². The van der Waals surface area contributed by atoms with Crippen molar-refractivity contribution in [3.8, 4) is 5.75 Å². The number of piperazine rings is 1. The van der Waals surface area contributed by atoms with E-state index in [2.05, 4.69) is 14.4 Å². The highest BCUT2D eigenvalue weighted by Crippen LogP contribution is 2.34. The van der Waals surface area contributed by atoms with Gasteiger partial charge in [-0.25, -0.2) is 8.42 Å². The lowest BCUT2D eigenvalue weighted by atomic mass is 10.1. The van der Waals surface area contributed by atoms with Gasteiger partial charge >= 0.3 is 6.36 Å². The van der Waals surface area contributed by atoms with E-state index in [1.54, 1.807) is 24.3 Å². The van der Waals surface area contributed by atoms with Gasteiger partial charge in [-0.2, -0.15) is 0 Å². The van der Waals surface area contributed by atoms with Crippen molar-refractivity contribution in [2.24, 2.45) is 0 Å². The van der Waals surface area contributed by atoms with E-state index in [0.717, 1.165) is 17.7 Å². The van der Waals surface area contributed by atoms with Crippen LogP contribution in [0.15, 0.2) is 83.9 Å². The second-order valence-electron chi connectivity index (χ2n) is 9.79. The average Bonchev–Trinajstić information content (AvgIpc) is 2.96. The Hall–Kier alpha value is -3.58. The summed E-state index contributed by atoms with van der Waals surface area (Å²) in [6, 6.07) is 18.3. The van der Waals surface area contributed by atoms with Gasteiger partial charge in [-0.1, -0.05) is 41.9 Å². The maximum absolute atomic E-state index is 13.3. The molecular weight excluding hydrogens is 628 g/mol. The number of para-hydroxylation sites is 1. The van der Waals surface area contributed by atoms with E-state index in [9.17, 15) is 26.4 Å². The Morgan fingerprint density at radius 1 is 1.00 bits per heavy atom. The minimum absolute atomic E-state index is 0.0937. The minimum atomic E-state index is -5.15. The molecule has 0 bridgehead atoms. The molecule has 1 amide bonds. The Morgan fingerprint density at radius 3 is 2.44 bits per heavy atom. The zero-order valence-corrected chi connectivity index (χ0v) is 24.7. The van der Waals surface area contributed by atoms with Crippen molar-refractivity contribution >= 4 is 55.7 Å². The second kappa shape index (κ2) is 12.6. The van der Waals surface area contributed by atoms with E-state index >= 15 is 0 Å². The number of nitrogens with one attached hydrogen (secondary N) is 1. The summed E-state index contributed by atoms with van der Waals surface area (Å²) < 4.78 is 72.8. The van der Waals surface area contributed by atoms with Gasteiger partial charge in [0.25, 0.3) is 15.9 Å². The molecule has 1 aromatic heterocycles. The molecule has 43 heavy (non-hydrogen) atoms. The maximum atomic E-state index is 13.3. The van der Waals surface area contributed by atoms with Crippen molar-refractivity contribution in [2.75, 3.05) is 30.9 Å². The number of anilines is 1. The number of alkyl halides is 4. The molecule has 3 aromatic carbocycles. The van der Waals surface area contributed by atoms with Crippen LogP contribution >= 0.6 is 23.2 Å². The molecule has 5 rings (SSSR count). The topological polar surface area (TPSA) is 91.8 Å². The minimum Gasteiger partial charge on any atom is -0.404 e. The Morgan fingerprint density at radius 2 is 1.72 bits per heavy atom. The zero-order chi connectivity index (χ0) is 30.8. The SMILES string of the molecule is O=C(c1ccc(NS(=O)(=O)c2cccc3cccnc23)c(OC(F)(F)F)c1)N1CCN(C(Cl)Cc2cccc(Cl)c2)CC1. The second-order valence-corrected chi connectivity index (χ2v) is 12.4. The molecule has 1 atom stereocenters. The number of fused-ring (bicyclic) bond motifs is 1. The lowest BCUT2D eigenvalue weighted by Gasteiger charge is -2.37. The summed E-state index contributed by atoms with van der Waals surface area (Å²) in [5.74, 6) is -1.39. The van der Waals surface area contributed by atoms with Crippen LogP contribution in [0, 0.1) is 0 Å². The maximum Gasteiger partial charge on any atom is 0.573 e. The van der Waals surface area contributed by atoms with E-state index in [4.69, 9.17) is 23.2 Å². The van der Waals surface area contributed by atoms with Gasteiger partial charge in [-0.3, -0.25) is 19.4 Å². The van der Waals surface area contributed by atoms with Crippen LogP contribution in [0.3, 0.4) is 0 Å². The van der Waals surface area contributed by atoms with E-state index in [-0.39, 0.29) is 34.6 Å². The average molecular weight is 654 g/mol. The van der Waals surface area contributed by atoms with Crippen LogP contribution in [0.1, 0.15) is 15.9 Å². The van der Waals surface area contributed by atoms with Gasteiger partial charge in [0.15, 0.2) is 5.75 Å². The van der Waals surface area contributed by atoms with Crippen molar-refractivity contribution in [1.82, 2.24) is 14.8 Å². The monoisotopic (exact) mass is 652 g/mol. The summed E-state index contributed by atoms with van der Waals surface area (Å²) in [5.41, 5.74) is 0.192. The molecule has 1 N–H and O–H groups in total. The lowest BCUT2D eigenvalue weighted by Crippen LogP contribution is -2.51. The van der Waals surface area contributed by atoms with Crippen LogP contribution in [-0.2, 0) is 16.4 Å². The fourth-order valence-corrected chi connectivity index (χ4v) is 6.65. The number of hydrogen-bond donors (Lipinski definition) is 1. The summed E-state index contributed by atoms with van der Waals surface area (Å²) in [6.07, 6.45) is -3.19. The fourth-order valence-electron chi connectivity index (χ4n) is 4.82. The predicted octanol–water partition coefficient (Wildman–Crippen LogP) is 6.15. The van der Waals surface area contributed by atoms with Gasteiger partial charge in [0.1, 0.15) is 4.90 Å². The number of sulfonamides is 1. The molecule has 1 aliphatic heterocycles. The van der Waals surface area contributed by atoms with Crippen molar-refractivity contribution in [2.45, 2.75) is 23.2 Å². The molecule has 4 aromatic rings. The predicted molar refractivity (Wildman–Crippen MR) is 158 cm³/mol. The normalized spacial score (nSPS) is 15.3. The summed E-state index contributed by atoms with van der Waals surface area (Å²) in [6.45, 7) is 1.47. The van der Waals surface area contributed by atoms with Gasteiger partial charge in [0.2, 0.25) is 0 Å². The number of aromatic nitrogens is 1. The van der Waals surface area contributed by atoms with E-state index in [1.165, 1.54) is 29.3 Å². The number of halogens is 5. The number of pyridine rings is 1. The molecule has 226 valence electrons. The van der Waals surface area contributed by atoms with E-state index < -0.39 is 33.7 Å². The lowest BCUT2D eigenvalue weighted by molar-refractivity contribution is -0.274. The molecule has 8 nitrogen and oxygen atoms in total. The highest BCUT2D eigenvalue weighted by atomic mass is 35.5. The third-order valence-electron chi connectivity index (χ3n) is 6.87. The molecule has 0 spiro atoms. The van der Waals surface area contributed by atoms with Crippen molar-refractivity contribution in [1.29, 1.82) is 0 Å². The van der Waals surface area contributed by atoms with Crippen LogP contribution < -0.4 is 9.46 Å². The molecule has 1 aliphatic rings. The third-order valence-corrected chi connectivity index (χ3v) is 8.94. The fraction of sp³-hybridized carbons (Fsp3) is 0.241.